The van der Waals surface area contributed by atoms with Crippen molar-refractivity contribution in [1.29, 1.82) is 0 Å². The summed E-state index contributed by atoms with van der Waals surface area (Å²) in [5.41, 5.74) is 0.770. The normalized spacial score (nSPS) is 12.5. The molecule has 0 aliphatic heterocycles. The lowest BCUT2D eigenvalue weighted by atomic mass is 10.1. The first kappa shape index (κ1) is 16.8. The molecule has 0 amide bonds. The van der Waals surface area contributed by atoms with Gasteiger partial charge in [-0.05, 0) is 25.6 Å². The van der Waals surface area contributed by atoms with Crippen LogP contribution in [0.5, 0.6) is 11.5 Å². The average molecular weight is 283 g/mol. The van der Waals surface area contributed by atoms with Gasteiger partial charge in [0.1, 0.15) is 11.5 Å². The molecule has 0 bridgehead atoms. The molecule has 1 N–H and O–H groups in total. The quantitative estimate of drug-likeness (QED) is 0.699. The van der Waals surface area contributed by atoms with Crippen LogP contribution in [0.15, 0.2) is 18.2 Å². The highest BCUT2D eigenvalue weighted by atomic mass is 16.5. The molecule has 114 valence electrons. The largest absolute Gasteiger partial charge is 0.497 e. The molecule has 0 fully saturated rings. The van der Waals surface area contributed by atoms with Crippen LogP contribution in [0.4, 0.5) is 0 Å². The van der Waals surface area contributed by atoms with E-state index in [2.05, 4.69) is 4.90 Å². The summed E-state index contributed by atoms with van der Waals surface area (Å²) in [4.78, 5) is 2.08. The molecule has 1 aromatic rings. The molecule has 0 heterocycles. The van der Waals surface area contributed by atoms with Gasteiger partial charge in [-0.2, -0.15) is 0 Å². The number of benzene rings is 1. The maximum absolute atomic E-state index is 10.3. The van der Waals surface area contributed by atoms with Crippen LogP contribution in [0, 0.1) is 0 Å². The molecular weight excluding hydrogens is 258 g/mol. The topological polar surface area (TPSA) is 51.2 Å². The van der Waals surface area contributed by atoms with Gasteiger partial charge < -0.3 is 24.2 Å². The van der Waals surface area contributed by atoms with Crippen molar-refractivity contribution in [3.8, 4) is 11.5 Å². The number of aliphatic hydroxyl groups is 1. The number of hydrogen-bond acceptors (Lipinski definition) is 5. The Morgan fingerprint density at radius 2 is 1.95 bits per heavy atom. The predicted octanol–water partition coefficient (Wildman–Crippen LogP) is 1.71. The van der Waals surface area contributed by atoms with Crippen molar-refractivity contribution >= 4 is 0 Å². The average Bonchev–Trinajstić information content (AvgIpc) is 2.46. The number of hydrogen-bond donors (Lipinski definition) is 1. The van der Waals surface area contributed by atoms with E-state index in [4.69, 9.17) is 14.2 Å². The molecule has 0 aliphatic carbocycles. The Kier molecular flexibility index (Phi) is 7.36. The van der Waals surface area contributed by atoms with E-state index in [0.29, 0.717) is 18.0 Å². The van der Waals surface area contributed by atoms with Crippen molar-refractivity contribution in [1.82, 2.24) is 4.90 Å². The van der Waals surface area contributed by atoms with Crippen molar-refractivity contribution < 1.29 is 19.3 Å². The molecule has 1 atom stereocenters. The van der Waals surface area contributed by atoms with Gasteiger partial charge >= 0.3 is 0 Å². The summed E-state index contributed by atoms with van der Waals surface area (Å²) in [6.07, 6.45) is 0.350. The molecule has 1 unspecified atom stereocenters. The Morgan fingerprint density at radius 1 is 1.20 bits per heavy atom. The summed E-state index contributed by atoms with van der Waals surface area (Å²) in [5.74, 6) is 1.35. The third-order valence-electron chi connectivity index (χ3n) is 3.17. The third kappa shape index (κ3) is 5.00. The lowest BCUT2D eigenvalue weighted by Crippen LogP contribution is -2.26. The standard InChI is InChI=1S/C15H25NO4/c1-16(8-5-9-18-2)11-14(17)13-7-6-12(19-3)10-15(13)20-4/h6-7,10,14,17H,5,8-9,11H2,1-4H3. The minimum Gasteiger partial charge on any atom is -0.497 e. The maximum Gasteiger partial charge on any atom is 0.128 e. The van der Waals surface area contributed by atoms with E-state index in [1.165, 1.54) is 0 Å². The molecule has 0 aliphatic rings. The summed E-state index contributed by atoms with van der Waals surface area (Å²) >= 11 is 0. The van der Waals surface area contributed by atoms with Crippen molar-refractivity contribution in [2.75, 3.05) is 48.1 Å². The highest BCUT2D eigenvalue weighted by molar-refractivity contribution is 5.42. The number of likely N-dealkylation sites (N-methyl/N-ethyl adjacent to an activating group) is 1. The summed E-state index contributed by atoms with van der Waals surface area (Å²) in [7, 11) is 6.87. The van der Waals surface area contributed by atoms with Crippen LogP contribution < -0.4 is 9.47 Å². The van der Waals surface area contributed by atoms with Gasteiger partial charge in [-0.1, -0.05) is 0 Å². The Hall–Kier alpha value is -1.30. The zero-order valence-electron chi connectivity index (χ0n) is 12.8. The van der Waals surface area contributed by atoms with Gasteiger partial charge in [0.2, 0.25) is 0 Å². The van der Waals surface area contributed by atoms with Gasteiger partial charge in [-0.25, -0.2) is 0 Å². The van der Waals surface area contributed by atoms with E-state index in [1.807, 2.05) is 19.2 Å². The number of rotatable bonds is 9. The number of aliphatic hydroxyl groups excluding tert-OH is 1. The van der Waals surface area contributed by atoms with Gasteiger partial charge in [-0.15, -0.1) is 0 Å². The molecule has 0 saturated heterocycles. The van der Waals surface area contributed by atoms with Crippen LogP contribution in [0.3, 0.4) is 0 Å². The summed E-state index contributed by atoms with van der Waals surface area (Å²) in [6, 6.07) is 5.45. The minimum atomic E-state index is -0.594. The minimum absolute atomic E-state index is 0.548. The second-order valence-corrected chi connectivity index (χ2v) is 4.73. The SMILES string of the molecule is COCCCN(C)CC(O)c1ccc(OC)cc1OC. The first-order valence-corrected chi connectivity index (χ1v) is 6.69. The van der Waals surface area contributed by atoms with E-state index in [9.17, 15) is 5.11 Å². The van der Waals surface area contributed by atoms with Crippen molar-refractivity contribution in [2.24, 2.45) is 0 Å². The molecule has 0 spiro atoms. The smallest absolute Gasteiger partial charge is 0.128 e. The highest BCUT2D eigenvalue weighted by Crippen LogP contribution is 2.29. The summed E-state index contributed by atoms with van der Waals surface area (Å²) in [5, 5.41) is 10.3. The fourth-order valence-electron chi connectivity index (χ4n) is 2.06. The molecule has 5 heteroatoms. The third-order valence-corrected chi connectivity index (χ3v) is 3.17. The summed E-state index contributed by atoms with van der Waals surface area (Å²) < 4.78 is 15.5. The Morgan fingerprint density at radius 3 is 2.55 bits per heavy atom. The van der Waals surface area contributed by atoms with Crippen LogP contribution >= 0.6 is 0 Å². The number of methoxy groups -OCH3 is 3. The molecular formula is C15H25NO4. The van der Waals surface area contributed by atoms with Gasteiger partial charge in [0.15, 0.2) is 0 Å². The molecule has 1 rings (SSSR count). The van der Waals surface area contributed by atoms with Crippen LogP contribution in [-0.4, -0.2) is 58.1 Å². The predicted molar refractivity (Wildman–Crippen MR) is 78.5 cm³/mol. The summed E-state index contributed by atoms with van der Waals surface area (Å²) in [6.45, 7) is 2.15. The fourth-order valence-corrected chi connectivity index (χ4v) is 2.06. The van der Waals surface area contributed by atoms with Gasteiger partial charge in [-0.3, -0.25) is 0 Å². The first-order chi connectivity index (χ1) is 9.62. The zero-order valence-corrected chi connectivity index (χ0v) is 12.8. The van der Waals surface area contributed by atoms with E-state index < -0.39 is 6.10 Å². The van der Waals surface area contributed by atoms with Crippen molar-refractivity contribution in [2.45, 2.75) is 12.5 Å². The Bertz CT molecular complexity index is 397. The lowest BCUT2D eigenvalue weighted by Gasteiger charge is -2.22. The monoisotopic (exact) mass is 283 g/mol. The zero-order chi connectivity index (χ0) is 15.0. The number of nitrogens with zero attached hydrogens (tertiary/aromatic N) is 1. The van der Waals surface area contributed by atoms with Crippen molar-refractivity contribution in [3.63, 3.8) is 0 Å². The van der Waals surface area contributed by atoms with E-state index in [1.54, 1.807) is 27.4 Å². The van der Waals surface area contributed by atoms with E-state index in [-0.39, 0.29) is 0 Å². The van der Waals surface area contributed by atoms with Crippen LogP contribution in [-0.2, 0) is 4.74 Å². The van der Waals surface area contributed by atoms with Crippen LogP contribution in [0.1, 0.15) is 18.1 Å². The highest BCUT2D eigenvalue weighted by Gasteiger charge is 2.16. The second-order valence-electron chi connectivity index (χ2n) is 4.73. The number of ether oxygens (including phenoxy) is 3. The Labute approximate surface area is 121 Å². The Balaban J connectivity index is 2.64. The van der Waals surface area contributed by atoms with E-state index in [0.717, 1.165) is 25.1 Å². The van der Waals surface area contributed by atoms with Crippen LogP contribution in [0.25, 0.3) is 0 Å². The lowest BCUT2D eigenvalue weighted by molar-refractivity contribution is 0.115. The molecule has 20 heavy (non-hydrogen) atoms. The molecule has 0 aromatic heterocycles. The fraction of sp³-hybridized carbons (Fsp3) is 0.600. The van der Waals surface area contributed by atoms with E-state index >= 15 is 0 Å². The maximum atomic E-state index is 10.3. The second kappa shape index (κ2) is 8.79. The molecule has 0 radical (unpaired) electrons. The van der Waals surface area contributed by atoms with Gasteiger partial charge in [0.05, 0.1) is 20.3 Å². The molecule has 0 saturated carbocycles. The van der Waals surface area contributed by atoms with Gasteiger partial charge in [0.25, 0.3) is 0 Å². The first-order valence-electron chi connectivity index (χ1n) is 6.69. The molecule has 1 aromatic carbocycles. The van der Waals surface area contributed by atoms with Crippen LogP contribution in [0.2, 0.25) is 0 Å². The van der Waals surface area contributed by atoms with Gasteiger partial charge in [0, 0.05) is 38.4 Å². The van der Waals surface area contributed by atoms with Crippen molar-refractivity contribution in [3.05, 3.63) is 23.8 Å². The molecule has 5 nitrogen and oxygen atoms in total.